The Morgan fingerprint density at radius 1 is 1.44 bits per heavy atom. The molecule has 18 heavy (non-hydrogen) atoms. The molecule has 1 heterocycles. The summed E-state index contributed by atoms with van der Waals surface area (Å²) >= 11 is 6.05. The number of carbonyl (C=O) groups excluding carboxylic acids is 1. The predicted octanol–water partition coefficient (Wildman–Crippen LogP) is 1.74. The highest BCUT2D eigenvalue weighted by molar-refractivity contribution is 6.32. The molecule has 2 aromatic rings. The summed E-state index contributed by atoms with van der Waals surface area (Å²) in [6.45, 7) is 0. The molecule has 0 unspecified atom stereocenters. The van der Waals surface area contributed by atoms with Crippen LogP contribution in [0.15, 0.2) is 36.5 Å². The average Bonchev–Trinajstić information content (AvgIpc) is 2.86. The van der Waals surface area contributed by atoms with Gasteiger partial charge in [-0.1, -0.05) is 11.6 Å². The van der Waals surface area contributed by atoms with Crippen LogP contribution in [0, 0.1) is 0 Å². The van der Waals surface area contributed by atoms with Crippen molar-refractivity contribution in [3.05, 3.63) is 47.2 Å². The minimum Gasteiger partial charge on any atom is -0.495 e. The fourth-order valence-corrected chi connectivity index (χ4v) is 1.92. The fourth-order valence-electron chi connectivity index (χ4n) is 1.67. The van der Waals surface area contributed by atoms with E-state index in [9.17, 15) is 4.79 Å². The molecule has 2 rings (SSSR count). The Balaban J connectivity index is 2.46. The SMILES string of the molecule is COc1ccc(-n2cccc2C(=O)NN)cc1Cl. The third-order valence-electron chi connectivity index (χ3n) is 2.53. The Labute approximate surface area is 109 Å². The second-order valence-corrected chi connectivity index (χ2v) is 3.96. The highest BCUT2D eigenvalue weighted by atomic mass is 35.5. The molecule has 3 N–H and O–H groups in total. The van der Waals surface area contributed by atoms with E-state index in [0.717, 1.165) is 5.69 Å². The van der Waals surface area contributed by atoms with E-state index >= 15 is 0 Å². The van der Waals surface area contributed by atoms with Crippen molar-refractivity contribution in [3.8, 4) is 11.4 Å². The maximum Gasteiger partial charge on any atom is 0.282 e. The van der Waals surface area contributed by atoms with Crippen molar-refractivity contribution < 1.29 is 9.53 Å². The van der Waals surface area contributed by atoms with Crippen LogP contribution in [-0.2, 0) is 0 Å². The number of amides is 1. The van der Waals surface area contributed by atoms with E-state index < -0.39 is 0 Å². The van der Waals surface area contributed by atoms with Crippen molar-refractivity contribution >= 4 is 17.5 Å². The van der Waals surface area contributed by atoms with Gasteiger partial charge in [-0.3, -0.25) is 10.2 Å². The van der Waals surface area contributed by atoms with Gasteiger partial charge in [0.1, 0.15) is 11.4 Å². The number of hydrazine groups is 1. The lowest BCUT2D eigenvalue weighted by Gasteiger charge is -2.10. The molecular formula is C12H12ClN3O2. The Kier molecular flexibility index (Phi) is 3.55. The van der Waals surface area contributed by atoms with Crippen LogP contribution in [0.4, 0.5) is 0 Å². The number of rotatable bonds is 3. The number of nitrogens with zero attached hydrogens (tertiary/aromatic N) is 1. The van der Waals surface area contributed by atoms with Gasteiger partial charge in [0.15, 0.2) is 0 Å². The van der Waals surface area contributed by atoms with Crippen LogP contribution >= 0.6 is 11.6 Å². The number of benzene rings is 1. The Bertz CT molecular complexity index is 580. The third kappa shape index (κ3) is 2.18. The number of nitrogens with two attached hydrogens (primary N) is 1. The van der Waals surface area contributed by atoms with E-state index in [1.54, 1.807) is 48.2 Å². The molecule has 1 aromatic carbocycles. The highest BCUT2D eigenvalue weighted by Crippen LogP contribution is 2.27. The second kappa shape index (κ2) is 5.12. The summed E-state index contributed by atoms with van der Waals surface area (Å²) in [6, 6.07) is 8.68. The van der Waals surface area contributed by atoms with Crippen LogP contribution < -0.4 is 16.0 Å². The first-order chi connectivity index (χ1) is 8.67. The van der Waals surface area contributed by atoms with Gasteiger partial charge in [0.05, 0.1) is 12.1 Å². The summed E-state index contributed by atoms with van der Waals surface area (Å²) in [5.74, 6) is 5.34. The second-order valence-electron chi connectivity index (χ2n) is 3.56. The smallest absolute Gasteiger partial charge is 0.282 e. The van der Waals surface area contributed by atoms with Gasteiger partial charge in [-0.2, -0.15) is 0 Å². The number of hydrogen-bond donors (Lipinski definition) is 2. The lowest BCUT2D eigenvalue weighted by Crippen LogP contribution is -2.31. The van der Waals surface area contributed by atoms with Gasteiger partial charge >= 0.3 is 0 Å². The molecule has 0 aliphatic heterocycles. The van der Waals surface area contributed by atoms with Crippen LogP contribution in [0.2, 0.25) is 5.02 Å². The summed E-state index contributed by atoms with van der Waals surface area (Å²) < 4.78 is 6.76. The van der Waals surface area contributed by atoms with Crippen molar-refractivity contribution in [3.63, 3.8) is 0 Å². The minimum absolute atomic E-state index is 0.369. The topological polar surface area (TPSA) is 69.3 Å². The van der Waals surface area contributed by atoms with Gasteiger partial charge < -0.3 is 9.30 Å². The number of halogens is 1. The lowest BCUT2D eigenvalue weighted by molar-refractivity contribution is 0.0947. The fraction of sp³-hybridized carbons (Fsp3) is 0.0833. The molecule has 0 fully saturated rings. The molecule has 6 heteroatoms. The summed E-state index contributed by atoms with van der Waals surface area (Å²) in [6.07, 6.45) is 1.75. The van der Waals surface area contributed by atoms with E-state index in [0.29, 0.717) is 16.5 Å². The molecule has 0 radical (unpaired) electrons. The number of hydrogen-bond acceptors (Lipinski definition) is 3. The van der Waals surface area contributed by atoms with Gasteiger partial charge in [0.2, 0.25) is 0 Å². The number of carbonyl (C=O) groups is 1. The molecule has 0 atom stereocenters. The minimum atomic E-state index is -0.369. The highest BCUT2D eigenvalue weighted by Gasteiger charge is 2.11. The maximum absolute atomic E-state index is 11.6. The van der Waals surface area contributed by atoms with E-state index in [1.165, 1.54) is 0 Å². The third-order valence-corrected chi connectivity index (χ3v) is 2.82. The van der Waals surface area contributed by atoms with E-state index in [4.69, 9.17) is 22.2 Å². The maximum atomic E-state index is 11.6. The largest absolute Gasteiger partial charge is 0.495 e. The molecule has 1 amide bonds. The molecular weight excluding hydrogens is 254 g/mol. The summed E-state index contributed by atoms with van der Waals surface area (Å²) in [4.78, 5) is 11.6. The molecule has 5 nitrogen and oxygen atoms in total. The zero-order valence-corrected chi connectivity index (χ0v) is 10.4. The van der Waals surface area contributed by atoms with Gasteiger partial charge in [-0.05, 0) is 30.3 Å². The van der Waals surface area contributed by atoms with E-state index in [1.807, 2.05) is 0 Å². The molecule has 0 bridgehead atoms. The quantitative estimate of drug-likeness (QED) is 0.505. The Hall–Kier alpha value is -1.98. The monoisotopic (exact) mass is 265 g/mol. The van der Waals surface area contributed by atoms with Crippen LogP contribution in [0.1, 0.15) is 10.5 Å². The summed E-state index contributed by atoms with van der Waals surface area (Å²) in [7, 11) is 1.55. The molecule has 0 saturated heterocycles. The van der Waals surface area contributed by atoms with Crippen LogP contribution in [-0.4, -0.2) is 17.6 Å². The average molecular weight is 266 g/mol. The standard InChI is InChI=1S/C12H12ClN3O2/c1-18-11-5-4-8(7-9(11)13)16-6-2-3-10(16)12(17)15-14/h2-7H,14H2,1H3,(H,15,17). The van der Waals surface area contributed by atoms with Gasteiger partial charge in [0, 0.05) is 11.9 Å². The van der Waals surface area contributed by atoms with Gasteiger partial charge in [-0.25, -0.2) is 5.84 Å². The number of nitrogen functional groups attached to an aromatic ring is 1. The van der Waals surface area contributed by atoms with Crippen molar-refractivity contribution in [2.75, 3.05) is 7.11 Å². The van der Waals surface area contributed by atoms with Crippen molar-refractivity contribution in [2.24, 2.45) is 5.84 Å². The first-order valence-corrected chi connectivity index (χ1v) is 5.57. The number of aromatic nitrogens is 1. The zero-order chi connectivity index (χ0) is 13.1. The predicted molar refractivity (Wildman–Crippen MR) is 69.0 cm³/mol. The van der Waals surface area contributed by atoms with Crippen molar-refractivity contribution in [2.45, 2.75) is 0 Å². The first kappa shape index (κ1) is 12.5. The molecule has 0 aliphatic carbocycles. The summed E-state index contributed by atoms with van der Waals surface area (Å²) in [5.41, 5.74) is 3.28. The normalized spacial score (nSPS) is 10.2. The van der Waals surface area contributed by atoms with E-state index in [-0.39, 0.29) is 5.91 Å². The number of ether oxygens (including phenoxy) is 1. The van der Waals surface area contributed by atoms with Gasteiger partial charge in [-0.15, -0.1) is 0 Å². The number of methoxy groups -OCH3 is 1. The molecule has 1 aromatic heterocycles. The van der Waals surface area contributed by atoms with Crippen molar-refractivity contribution in [1.82, 2.24) is 9.99 Å². The molecule has 0 spiro atoms. The molecule has 0 saturated carbocycles. The van der Waals surface area contributed by atoms with Crippen LogP contribution in [0.25, 0.3) is 5.69 Å². The van der Waals surface area contributed by atoms with E-state index in [2.05, 4.69) is 5.43 Å². The molecule has 0 aliphatic rings. The van der Waals surface area contributed by atoms with Gasteiger partial charge in [0.25, 0.3) is 5.91 Å². The molecule has 94 valence electrons. The summed E-state index contributed by atoms with van der Waals surface area (Å²) in [5, 5.41) is 0.475. The zero-order valence-electron chi connectivity index (χ0n) is 9.68. The Morgan fingerprint density at radius 3 is 2.83 bits per heavy atom. The first-order valence-electron chi connectivity index (χ1n) is 5.19. The van der Waals surface area contributed by atoms with Crippen molar-refractivity contribution in [1.29, 1.82) is 0 Å². The number of nitrogens with one attached hydrogen (secondary N) is 1. The Morgan fingerprint density at radius 2 is 2.22 bits per heavy atom. The van der Waals surface area contributed by atoms with Crippen LogP contribution in [0.3, 0.4) is 0 Å². The lowest BCUT2D eigenvalue weighted by atomic mass is 10.3. The van der Waals surface area contributed by atoms with Crippen LogP contribution in [0.5, 0.6) is 5.75 Å².